The lowest BCUT2D eigenvalue weighted by molar-refractivity contribution is -0.120. The van der Waals surface area contributed by atoms with E-state index in [9.17, 15) is 9.90 Å². The highest BCUT2D eigenvalue weighted by Crippen LogP contribution is 2.28. The fraction of sp³-hybridized carbons (Fsp3) is 0.588. The lowest BCUT2D eigenvalue weighted by Crippen LogP contribution is -2.50. The van der Waals surface area contributed by atoms with E-state index in [1.807, 2.05) is 24.3 Å². The second-order valence-corrected chi connectivity index (χ2v) is 6.03. The maximum atomic E-state index is 11.9. The highest BCUT2D eigenvalue weighted by molar-refractivity contribution is 5.78. The Labute approximate surface area is 132 Å². The Hall–Kier alpha value is -1.43. The molecule has 2 rings (SSSR count). The number of hydrogen-bond acceptors (Lipinski definition) is 4. The third-order valence-corrected chi connectivity index (χ3v) is 4.31. The normalized spacial score (nSPS) is 16.6. The molecule has 0 atom stereocenters. The van der Waals surface area contributed by atoms with Gasteiger partial charge >= 0.3 is 0 Å². The Morgan fingerprint density at radius 2 is 1.86 bits per heavy atom. The number of methoxy groups -OCH3 is 1. The third-order valence-electron chi connectivity index (χ3n) is 4.31. The quantitative estimate of drug-likeness (QED) is 0.678. The molecule has 0 aromatic heterocycles. The van der Waals surface area contributed by atoms with Crippen molar-refractivity contribution in [3.05, 3.63) is 35.4 Å². The summed E-state index contributed by atoms with van der Waals surface area (Å²) < 4.78 is 5.07. The number of benzene rings is 1. The number of aliphatic hydroxyl groups is 1. The predicted molar refractivity (Wildman–Crippen MR) is 85.3 cm³/mol. The molecule has 1 fully saturated rings. The van der Waals surface area contributed by atoms with Crippen LogP contribution in [0.15, 0.2) is 24.3 Å². The Kier molecular flexibility index (Phi) is 6.36. The fourth-order valence-corrected chi connectivity index (χ4v) is 2.89. The molecular formula is C17H26N2O3. The van der Waals surface area contributed by atoms with Crippen LogP contribution in [0, 0.1) is 0 Å². The SMILES string of the molecule is COCc1ccc(CNC(=O)CNC2(CO)CCCC2)cc1. The monoisotopic (exact) mass is 306 g/mol. The van der Waals surface area contributed by atoms with Gasteiger partial charge in [0.05, 0.1) is 19.8 Å². The number of carbonyl (C=O) groups is 1. The molecular weight excluding hydrogens is 280 g/mol. The summed E-state index contributed by atoms with van der Waals surface area (Å²) in [5.41, 5.74) is 1.93. The average Bonchev–Trinajstić information content (AvgIpc) is 3.02. The molecule has 1 aliphatic carbocycles. The zero-order chi connectivity index (χ0) is 15.8. The minimum Gasteiger partial charge on any atom is -0.394 e. The van der Waals surface area contributed by atoms with Crippen molar-refractivity contribution in [2.24, 2.45) is 0 Å². The van der Waals surface area contributed by atoms with Crippen LogP contribution < -0.4 is 10.6 Å². The van der Waals surface area contributed by atoms with Crippen molar-refractivity contribution in [3.8, 4) is 0 Å². The van der Waals surface area contributed by atoms with Gasteiger partial charge in [-0.15, -0.1) is 0 Å². The van der Waals surface area contributed by atoms with Crippen molar-refractivity contribution >= 4 is 5.91 Å². The third kappa shape index (κ3) is 4.80. The molecule has 0 bridgehead atoms. The predicted octanol–water partition coefficient (Wildman–Crippen LogP) is 1.34. The van der Waals surface area contributed by atoms with E-state index < -0.39 is 0 Å². The second-order valence-electron chi connectivity index (χ2n) is 6.03. The van der Waals surface area contributed by atoms with Crippen LogP contribution in [0.3, 0.4) is 0 Å². The standard InChI is InChI=1S/C17H26N2O3/c1-22-12-15-6-4-14(5-7-15)10-18-16(21)11-19-17(13-20)8-2-3-9-17/h4-7,19-20H,2-3,8-13H2,1H3,(H,18,21). The molecule has 0 saturated heterocycles. The van der Waals surface area contributed by atoms with Crippen LogP contribution in [0.25, 0.3) is 0 Å². The van der Waals surface area contributed by atoms with Gasteiger partial charge in [0.25, 0.3) is 0 Å². The molecule has 22 heavy (non-hydrogen) atoms. The first kappa shape index (κ1) is 16.9. The van der Waals surface area contributed by atoms with Crippen molar-refractivity contribution in [1.82, 2.24) is 10.6 Å². The summed E-state index contributed by atoms with van der Waals surface area (Å²) in [7, 11) is 1.67. The van der Waals surface area contributed by atoms with Crippen LogP contribution in [0.1, 0.15) is 36.8 Å². The zero-order valence-electron chi connectivity index (χ0n) is 13.2. The van der Waals surface area contributed by atoms with E-state index >= 15 is 0 Å². The van der Waals surface area contributed by atoms with Gasteiger partial charge in [0.15, 0.2) is 0 Å². The van der Waals surface area contributed by atoms with Crippen molar-refractivity contribution in [3.63, 3.8) is 0 Å². The van der Waals surface area contributed by atoms with E-state index in [0.717, 1.165) is 36.8 Å². The van der Waals surface area contributed by atoms with E-state index in [0.29, 0.717) is 13.2 Å². The van der Waals surface area contributed by atoms with E-state index in [-0.39, 0.29) is 24.6 Å². The van der Waals surface area contributed by atoms with Gasteiger partial charge in [0, 0.05) is 19.2 Å². The number of aliphatic hydroxyl groups excluding tert-OH is 1. The number of nitrogens with one attached hydrogen (secondary N) is 2. The van der Waals surface area contributed by atoms with Crippen LogP contribution >= 0.6 is 0 Å². The van der Waals surface area contributed by atoms with Crippen molar-refractivity contribution in [2.75, 3.05) is 20.3 Å². The molecule has 1 aromatic rings. The molecule has 0 radical (unpaired) electrons. The molecule has 1 amide bonds. The summed E-state index contributed by atoms with van der Waals surface area (Å²) in [6.45, 7) is 1.46. The van der Waals surface area contributed by atoms with Crippen LogP contribution in [0.4, 0.5) is 0 Å². The van der Waals surface area contributed by atoms with Crippen molar-refractivity contribution in [1.29, 1.82) is 0 Å². The van der Waals surface area contributed by atoms with E-state index in [4.69, 9.17) is 4.74 Å². The van der Waals surface area contributed by atoms with Gasteiger partial charge in [0.2, 0.25) is 5.91 Å². The second kappa shape index (κ2) is 8.27. The molecule has 5 nitrogen and oxygen atoms in total. The summed E-state index contributed by atoms with van der Waals surface area (Å²) >= 11 is 0. The van der Waals surface area contributed by atoms with Gasteiger partial charge < -0.3 is 20.5 Å². The Morgan fingerprint density at radius 3 is 2.45 bits per heavy atom. The topological polar surface area (TPSA) is 70.6 Å². The Morgan fingerprint density at radius 1 is 1.23 bits per heavy atom. The van der Waals surface area contributed by atoms with Gasteiger partial charge in [-0.1, -0.05) is 37.1 Å². The summed E-state index contributed by atoms with van der Waals surface area (Å²) in [6.07, 6.45) is 4.11. The molecule has 122 valence electrons. The van der Waals surface area contributed by atoms with Crippen LogP contribution in [-0.2, 0) is 22.7 Å². The lowest BCUT2D eigenvalue weighted by atomic mass is 9.99. The molecule has 5 heteroatoms. The molecule has 3 N–H and O–H groups in total. The molecule has 1 aromatic carbocycles. The number of carbonyl (C=O) groups excluding carboxylic acids is 1. The van der Waals surface area contributed by atoms with E-state index in [1.165, 1.54) is 0 Å². The largest absolute Gasteiger partial charge is 0.394 e. The van der Waals surface area contributed by atoms with Crippen LogP contribution in [0.2, 0.25) is 0 Å². The number of ether oxygens (including phenoxy) is 1. The summed E-state index contributed by atoms with van der Waals surface area (Å²) in [6, 6.07) is 7.99. The van der Waals surface area contributed by atoms with E-state index in [2.05, 4.69) is 10.6 Å². The Balaban J connectivity index is 1.73. The first-order valence-corrected chi connectivity index (χ1v) is 7.87. The summed E-state index contributed by atoms with van der Waals surface area (Å²) in [4.78, 5) is 11.9. The fourth-order valence-electron chi connectivity index (χ4n) is 2.89. The van der Waals surface area contributed by atoms with Crippen molar-refractivity contribution in [2.45, 2.75) is 44.4 Å². The molecule has 0 aliphatic heterocycles. The van der Waals surface area contributed by atoms with Gasteiger partial charge in [-0.2, -0.15) is 0 Å². The zero-order valence-corrected chi connectivity index (χ0v) is 13.2. The smallest absolute Gasteiger partial charge is 0.234 e. The highest BCUT2D eigenvalue weighted by Gasteiger charge is 2.32. The maximum Gasteiger partial charge on any atom is 0.234 e. The molecule has 0 heterocycles. The van der Waals surface area contributed by atoms with Gasteiger partial charge in [-0.3, -0.25) is 4.79 Å². The minimum absolute atomic E-state index is 0.0410. The number of amides is 1. The lowest BCUT2D eigenvalue weighted by Gasteiger charge is -2.27. The molecule has 1 aliphatic rings. The first-order valence-electron chi connectivity index (χ1n) is 7.87. The van der Waals surface area contributed by atoms with Crippen LogP contribution in [0.5, 0.6) is 0 Å². The van der Waals surface area contributed by atoms with E-state index in [1.54, 1.807) is 7.11 Å². The summed E-state index contributed by atoms with van der Waals surface area (Å²) in [5.74, 6) is -0.0410. The number of hydrogen-bond donors (Lipinski definition) is 3. The molecule has 1 saturated carbocycles. The van der Waals surface area contributed by atoms with Gasteiger partial charge in [0.1, 0.15) is 0 Å². The Bertz CT molecular complexity index is 467. The average molecular weight is 306 g/mol. The number of rotatable bonds is 8. The van der Waals surface area contributed by atoms with Crippen molar-refractivity contribution < 1.29 is 14.6 Å². The maximum absolute atomic E-state index is 11.9. The van der Waals surface area contributed by atoms with Gasteiger partial charge in [-0.25, -0.2) is 0 Å². The van der Waals surface area contributed by atoms with Gasteiger partial charge in [-0.05, 0) is 24.0 Å². The minimum atomic E-state index is -0.251. The summed E-state index contributed by atoms with van der Waals surface area (Å²) in [5, 5.41) is 15.6. The highest BCUT2D eigenvalue weighted by atomic mass is 16.5. The first-order chi connectivity index (χ1) is 10.7. The molecule has 0 spiro atoms. The molecule has 0 unspecified atom stereocenters. The van der Waals surface area contributed by atoms with Crippen LogP contribution in [-0.4, -0.2) is 36.8 Å².